The van der Waals surface area contributed by atoms with E-state index in [1.165, 1.54) is 38.7 Å². The van der Waals surface area contributed by atoms with Gasteiger partial charge in [0.1, 0.15) is 5.69 Å². The molecule has 232 valence electrons. The quantitative estimate of drug-likeness (QED) is 0.257. The third-order valence-electron chi connectivity index (χ3n) is 7.24. The molecule has 44 heavy (non-hydrogen) atoms. The molecule has 3 N–H and O–H groups in total. The predicted octanol–water partition coefficient (Wildman–Crippen LogP) is 3.58. The van der Waals surface area contributed by atoms with Crippen molar-refractivity contribution >= 4 is 35.2 Å². The molecule has 2 heterocycles. The van der Waals surface area contributed by atoms with E-state index < -0.39 is 47.4 Å². The monoisotopic (exact) mass is 605 g/mol. The Bertz CT molecular complexity index is 1610. The highest BCUT2D eigenvalue weighted by Crippen LogP contribution is 2.27. The molecule has 0 aliphatic carbocycles. The molecule has 4 amide bonds. The highest BCUT2D eigenvalue weighted by Gasteiger charge is 2.44. The Balaban J connectivity index is 1.70. The predicted molar refractivity (Wildman–Crippen MR) is 160 cm³/mol. The maximum atomic E-state index is 14.0. The maximum absolute atomic E-state index is 14.0. The zero-order valence-corrected chi connectivity index (χ0v) is 25.1. The second-order valence-corrected chi connectivity index (χ2v) is 11.7. The number of non-ortho nitro benzene ring substituents is 1. The summed E-state index contributed by atoms with van der Waals surface area (Å²) in [5.74, 6) is -2.64. The summed E-state index contributed by atoms with van der Waals surface area (Å²) in [5, 5.41) is 30.8. The molecule has 14 heteroatoms. The van der Waals surface area contributed by atoms with Crippen molar-refractivity contribution in [2.24, 2.45) is 7.05 Å². The number of rotatable bonds is 8. The van der Waals surface area contributed by atoms with Crippen LogP contribution in [0, 0.1) is 17.0 Å². The van der Waals surface area contributed by atoms with Gasteiger partial charge in [0.15, 0.2) is 6.17 Å². The molecule has 2 unspecified atom stereocenters. The first-order valence-electron chi connectivity index (χ1n) is 13.9. The SMILES string of the molecule is Cc1cccc(NC(=O)N2CCN(C(=O)c3cc(C(C)(C)C)nn3C)C2C(=O)NC(CC(=O)O)c2cccc([N+](=O)[O-])c2)c1. The van der Waals surface area contributed by atoms with Crippen LogP contribution < -0.4 is 10.6 Å². The zero-order chi connectivity index (χ0) is 32.3. The summed E-state index contributed by atoms with van der Waals surface area (Å²) in [5.41, 5.74) is 1.78. The number of nitrogens with one attached hydrogen (secondary N) is 2. The summed E-state index contributed by atoms with van der Waals surface area (Å²) in [7, 11) is 1.61. The fourth-order valence-electron chi connectivity index (χ4n) is 4.96. The molecular weight excluding hydrogens is 570 g/mol. The maximum Gasteiger partial charge on any atom is 0.323 e. The fraction of sp³-hybridized carbons (Fsp3) is 0.367. The number of carbonyl (C=O) groups excluding carboxylic acids is 3. The molecule has 0 radical (unpaired) electrons. The van der Waals surface area contributed by atoms with Gasteiger partial charge in [0.25, 0.3) is 17.5 Å². The lowest BCUT2D eigenvalue weighted by molar-refractivity contribution is -0.384. The number of hydrogen-bond acceptors (Lipinski definition) is 7. The fourth-order valence-corrected chi connectivity index (χ4v) is 4.96. The number of benzene rings is 2. The Morgan fingerprint density at radius 2 is 1.75 bits per heavy atom. The van der Waals surface area contributed by atoms with Crippen molar-refractivity contribution in [1.82, 2.24) is 24.9 Å². The second kappa shape index (κ2) is 12.5. The standard InChI is InChI=1S/C30H35N7O7/c1-18-8-6-10-20(14-18)31-29(42)36-13-12-35(28(41)23-17-24(30(2,3)4)33-34(23)5)27(36)26(40)32-22(16-25(38)39)19-9-7-11-21(15-19)37(43)44/h6-11,14-15,17,22,27H,12-13,16H2,1-5H3,(H,31,42)(H,32,40)(H,38,39). The normalized spacial score (nSPS) is 15.5. The number of aryl methyl sites for hydroxylation is 2. The third kappa shape index (κ3) is 7.02. The lowest BCUT2D eigenvalue weighted by atomic mass is 9.92. The lowest BCUT2D eigenvalue weighted by Gasteiger charge is -2.30. The summed E-state index contributed by atoms with van der Waals surface area (Å²) in [6, 6.07) is 12.1. The number of carboxylic acids is 1. The van der Waals surface area contributed by atoms with E-state index in [-0.39, 0.29) is 35.4 Å². The van der Waals surface area contributed by atoms with Gasteiger partial charge < -0.3 is 20.6 Å². The van der Waals surface area contributed by atoms with Gasteiger partial charge >= 0.3 is 12.0 Å². The Hall–Kier alpha value is -5.27. The van der Waals surface area contributed by atoms with E-state index in [0.717, 1.165) is 5.56 Å². The van der Waals surface area contributed by atoms with Crippen LogP contribution >= 0.6 is 0 Å². The molecule has 1 saturated heterocycles. The molecule has 14 nitrogen and oxygen atoms in total. The average molecular weight is 606 g/mol. The van der Waals surface area contributed by atoms with Crippen LogP contribution in [0.25, 0.3) is 0 Å². The van der Waals surface area contributed by atoms with Gasteiger partial charge in [0.05, 0.1) is 23.1 Å². The van der Waals surface area contributed by atoms with Crippen molar-refractivity contribution in [1.29, 1.82) is 0 Å². The van der Waals surface area contributed by atoms with Crippen molar-refractivity contribution in [3.63, 3.8) is 0 Å². The number of urea groups is 1. The van der Waals surface area contributed by atoms with Gasteiger partial charge in [-0.25, -0.2) is 4.79 Å². The number of carboxylic acid groups (broad SMARTS) is 1. The molecule has 4 rings (SSSR count). The van der Waals surface area contributed by atoms with Crippen molar-refractivity contribution in [2.75, 3.05) is 18.4 Å². The van der Waals surface area contributed by atoms with E-state index in [1.807, 2.05) is 33.8 Å². The molecule has 1 aliphatic heterocycles. The van der Waals surface area contributed by atoms with Crippen molar-refractivity contribution in [3.8, 4) is 0 Å². The summed E-state index contributed by atoms with van der Waals surface area (Å²) in [6.07, 6.45) is -2.06. The van der Waals surface area contributed by atoms with Gasteiger partial charge in [-0.15, -0.1) is 0 Å². The van der Waals surface area contributed by atoms with Crippen LogP contribution in [0.4, 0.5) is 16.2 Å². The molecule has 2 aromatic carbocycles. The Labute approximate surface area is 253 Å². The number of hydrogen-bond donors (Lipinski definition) is 3. The van der Waals surface area contributed by atoms with Crippen LogP contribution in [0.1, 0.15) is 60.5 Å². The molecule has 0 saturated carbocycles. The molecule has 1 aliphatic rings. The summed E-state index contributed by atoms with van der Waals surface area (Å²) < 4.78 is 1.42. The molecule has 2 atom stereocenters. The van der Waals surface area contributed by atoms with Crippen LogP contribution in [0.5, 0.6) is 0 Å². The minimum Gasteiger partial charge on any atom is -0.481 e. The van der Waals surface area contributed by atoms with Crippen molar-refractivity contribution < 1.29 is 29.2 Å². The van der Waals surface area contributed by atoms with Crippen molar-refractivity contribution in [2.45, 2.75) is 51.7 Å². The van der Waals surface area contributed by atoms with Crippen LogP contribution in [-0.4, -0.2) is 72.7 Å². The van der Waals surface area contributed by atoms with Crippen LogP contribution in [0.15, 0.2) is 54.6 Å². The highest BCUT2D eigenvalue weighted by molar-refractivity contribution is 6.00. The molecule has 1 fully saturated rings. The number of carbonyl (C=O) groups is 4. The van der Waals surface area contributed by atoms with Gasteiger partial charge in [-0.1, -0.05) is 45.0 Å². The third-order valence-corrected chi connectivity index (χ3v) is 7.24. The smallest absolute Gasteiger partial charge is 0.323 e. The van der Waals surface area contributed by atoms with Crippen molar-refractivity contribution in [3.05, 3.63) is 87.2 Å². The summed E-state index contributed by atoms with van der Waals surface area (Å²) in [6.45, 7) is 7.72. The minimum atomic E-state index is -1.46. The Kier molecular flexibility index (Phi) is 9.02. The van der Waals surface area contributed by atoms with Gasteiger partial charge in [0.2, 0.25) is 0 Å². The first-order chi connectivity index (χ1) is 20.6. The van der Waals surface area contributed by atoms with Gasteiger partial charge in [-0.05, 0) is 36.2 Å². The Morgan fingerprint density at radius 1 is 1.07 bits per heavy atom. The molecule has 3 aromatic rings. The molecule has 1 aromatic heterocycles. The summed E-state index contributed by atoms with van der Waals surface area (Å²) in [4.78, 5) is 66.3. The number of aromatic nitrogens is 2. The van der Waals surface area contributed by atoms with Gasteiger partial charge in [-0.3, -0.25) is 34.1 Å². The van der Waals surface area contributed by atoms with E-state index in [2.05, 4.69) is 15.7 Å². The number of nitro groups is 1. The topological polar surface area (TPSA) is 180 Å². The first kappa shape index (κ1) is 31.7. The van der Waals surface area contributed by atoms with Gasteiger partial charge in [0, 0.05) is 43.4 Å². The van der Waals surface area contributed by atoms with E-state index >= 15 is 0 Å². The number of nitro benzene ring substituents is 1. The number of amides is 4. The lowest BCUT2D eigenvalue weighted by Crippen LogP contribution is -2.55. The first-order valence-corrected chi connectivity index (χ1v) is 13.9. The van der Waals surface area contributed by atoms with E-state index in [9.17, 15) is 34.4 Å². The van der Waals surface area contributed by atoms with E-state index in [0.29, 0.717) is 11.4 Å². The number of aliphatic carboxylic acids is 1. The Morgan fingerprint density at radius 3 is 2.36 bits per heavy atom. The van der Waals surface area contributed by atoms with Gasteiger partial charge in [-0.2, -0.15) is 5.10 Å². The zero-order valence-electron chi connectivity index (χ0n) is 25.1. The molecular formula is C30H35N7O7. The van der Waals surface area contributed by atoms with Crippen LogP contribution in [-0.2, 0) is 22.1 Å². The summed E-state index contributed by atoms with van der Waals surface area (Å²) >= 11 is 0. The highest BCUT2D eigenvalue weighted by atomic mass is 16.6. The average Bonchev–Trinajstić information content (AvgIpc) is 3.56. The number of anilines is 1. The van der Waals surface area contributed by atoms with Crippen LogP contribution in [0.2, 0.25) is 0 Å². The van der Waals surface area contributed by atoms with E-state index in [4.69, 9.17) is 0 Å². The minimum absolute atomic E-state index is 0.00581. The molecule has 0 spiro atoms. The largest absolute Gasteiger partial charge is 0.481 e. The molecule has 0 bridgehead atoms. The van der Waals surface area contributed by atoms with Crippen LogP contribution in [0.3, 0.4) is 0 Å². The van der Waals surface area contributed by atoms with E-state index in [1.54, 1.807) is 31.3 Å². The second-order valence-electron chi connectivity index (χ2n) is 11.7. The number of nitrogens with zero attached hydrogens (tertiary/aromatic N) is 5.